The molecule has 1 heterocycles. The highest BCUT2D eigenvalue weighted by atomic mass is 19.1. The summed E-state index contributed by atoms with van der Waals surface area (Å²) in [6.07, 6.45) is 7.35. The Kier molecular flexibility index (Phi) is 3.24. The van der Waals surface area contributed by atoms with Crippen molar-refractivity contribution in [3.8, 4) is 0 Å². The fraction of sp³-hybridized carbons (Fsp3) is 0.588. The minimum absolute atomic E-state index is 0.186. The van der Waals surface area contributed by atoms with Gasteiger partial charge in [-0.2, -0.15) is 0 Å². The van der Waals surface area contributed by atoms with Gasteiger partial charge in [0.1, 0.15) is 5.82 Å². The molecular weight excluding hydrogens is 283 g/mol. The van der Waals surface area contributed by atoms with Crippen molar-refractivity contribution in [3.63, 3.8) is 0 Å². The Balaban J connectivity index is 1.57. The van der Waals surface area contributed by atoms with E-state index in [9.17, 15) is 9.18 Å². The van der Waals surface area contributed by atoms with Crippen LogP contribution in [0.3, 0.4) is 0 Å². The Morgan fingerprint density at radius 2 is 2.18 bits per heavy atom. The first kappa shape index (κ1) is 14.2. The maximum absolute atomic E-state index is 14.4. The molecule has 0 aromatic heterocycles. The van der Waals surface area contributed by atoms with Crippen LogP contribution >= 0.6 is 0 Å². The summed E-state index contributed by atoms with van der Waals surface area (Å²) in [5, 5.41) is 8.70. The molecular formula is C17H21FN2O2. The zero-order valence-electron chi connectivity index (χ0n) is 12.6. The molecule has 2 aliphatic carbocycles. The summed E-state index contributed by atoms with van der Waals surface area (Å²) in [5.74, 6) is -0.987. The molecule has 1 unspecified atom stereocenters. The molecule has 0 bridgehead atoms. The number of rotatable bonds is 2. The fourth-order valence-electron chi connectivity index (χ4n) is 4.57. The molecule has 0 saturated heterocycles. The number of halogens is 1. The predicted octanol–water partition coefficient (Wildman–Crippen LogP) is 2.64. The number of hydrogen-bond acceptors (Lipinski definition) is 3. The van der Waals surface area contributed by atoms with Crippen molar-refractivity contribution < 1.29 is 14.4 Å². The lowest BCUT2D eigenvalue weighted by Gasteiger charge is -2.60. The summed E-state index contributed by atoms with van der Waals surface area (Å²) in [5.41, 5.74) is 3.91. The topological polar surface area (TPSA) is 52.6 Å². The highest BCUT2D eigenvalue weighted by Crippen LogP contribution is 2.58. The number of hydrogen-bond donors (Lipinski definition) is 2. The minimum Gasteiger partial charge on any atom is -0.295 e. The van der Waals surface area contributed by atoms with Crippen molar-refractivity contribution >= 4 is 5.91 Å². The van der Waals surface area contributed by atoms with E-state index in [1.165, 1.54) is 38.2 Å². The molecule has 3 aliphatic rings. The van der Waals surface area contributed by atoms with Gasteiger partial charge in [-0.3, -0.25) is 14.9 Å². The van der Waals surface area contributed by atoms with Crippen molar-refractivity contribution in [2.75, 3.05) is 6.54 Å². The number of carbonyl (C=O) groups is 1. The van der Waals surface area contributed by atoms with Gasteiger partial charge in [0.2, 0.25) is 0 Å². The fourth-order valence-corrected chi connectivity index (χ4v) is 4.57. The standard InChI is InChI=1S/C17H21FN2O2/c18-14-9-12(16(21)19-22)8-11-3-7-20(10-13(11)14)15-2-6-17(15)4-1-5-17/h8-9,15,22H,1-7,10H2,(H,19,21). The molecule has 2 fully saturated rings. The van der Waals surface area contributed by atoms with Crippen LogP contribution in [0, 0.1) is 11.2 Å². The zero-order chi connectivity index (χ0) is 15.3. The number of amides is 1. The van der Waals surface area contributed by atoms with Crippen LogP contribution in [0.4, 0.5) is 4.39 Å². The molecule has 2 N–H and O–H groups in total. The van der Waals surface area contributed by atoms with Gasteiger partial charge in [-0.05, 0) is 55.2 Å². The third-order valence-electron chi connectivity index (χ3n) is 6.09. The molecule has 1 aromatic carbocycles. The van der Waals surface area contributed by atoms with Crippen LogP contribution in [0.25, 0.3) is 0 Å². The smallest absolute Gasteiger partial charge is 0.274 e. The summed E-state index contributed by atoms with van der Waals surface area (Å²) in [6.45, 7) is 1.58. The highest BCUT2D eigenvalue weighted by Gasteiger charge is 2.53. The second-order valence-corrected chi connectivity index (χ2v) is 7.03. The molecule has 4 rings (SSSR count). The predicted molar refractivity (Wildman–Crippen MR) is 79.1 cm³/mol. The SMILES string of the molecule is O=C(NO)c1cc(F)c2c(c1)CCN(C1CCC13CCC3)C2. The summed E-state index contributed by atoms with van der Waals surface area (Å²) < 4.78 is 14.4. The first-order valence-corrected chi connectivity index (χ1v) is 8.13. The first-order chi connectivity index (χ1) is 10.6. The molecule has 1 spiro atoms. The van der Waals surface area contributed by atoms with Crippen LogP contribution in [0.2, 0.25) is 0 Å². The van der Waals surface area contributed by atoms with E-state index in [2.05, 4.69) is 4.90 Å². The van der Waals surface area contributed by atoms with Crippen LogP contribution in [0.5, 0.6) is 0 Å². The van der Waals surface area contributed by atoms with Gasteiger partial charge in [0.25, 0.3) is 5.91 Å². The lowest BCUT2D eigenvalue weighted by molar-refractivity contribution is -0.0882. The average Bonchev–Trinajstić information content (AvgIpc) is 2.44. The molecule has 5 heteroatoms. The van der Waals surface area contributed by atoms with Gasteiger partial charge < -0.3 is 0 Å². The van der Waals surface area contributed by atoms with Crippen LogP contribution in [0.1, 0.15) is 53.6 Å². The van der Waals surface area contributed by atoms with Crippen LogP contribution in [0.15, 0.2) is 12.1 Å². The van der Waals surface area contributed by atoms with E-state index in [1.54, 1.807) is 11.5 Å². The molecule has 4 nitrogen and oxygen atoms in total. The lowest BCUT2D eigenvalue weighted by Crippen LogP contribution is -2.59. The number of carbonyl (C=O) groups excluding carboxylic acids is 1. The molecule has 1 aromatic rings. The van der Waals surface area contributed by atoms with Crippen LogP contribution in [-0.2, 0) is 13.0 Å². The van der Waals surface area contributed by atoms with E-state index in [0.29, 0.717) is 18.0 Å². The highest BCUT2D eigenvalue weighted by molar-refractivity contribution is 5.93. The van der Waals surface area contributed by atoms with Crippen molar-refractivity contribution in [2.24, 2.45) is 5.41 Å². The van der Waals surface area contributed by atoms with Crippen molar-refractivity contribution in [1.82, 2.24) is 10.4 Å². The summed E-state index contributed by atoms with van der Waals surface area (Å²) in [4.78, 5) is 13.9. The largest absolute Gasteiger partial charge is 0.295 e. The monoisotopic (exact) mass is 304 g/mol. The lowest BCUT2D eigenvalue weighted by atomic mass is 9.52. The quantitative estimate of drug-likeness (QED) is 0.652. The van der Waals surface area contributed by atoms with Crippen molar-refractivity contribution in [1.29, 1.82) is 0 Å². The van der Waals surface area contributed by atoms with Gasteiger partial charge in [0, 0.05) is 30.3 Å². The second-order valence-electron chi connectivity index (χ2n) is 7.03. The van der Waals surface area contributed by atoms with Crippen LogP contribution in [-0.4, -0.2) is 28.6 Å². The Hall–Kier alpha value is -1.46. The van der Waals surface area contributed by atoms with E-state index in [1.807, 2.05) is 0 Å². The summed E-state index contributed by atoms with van der Waals surface area (Å²) >= 11 is 0. The Morgan fingerprint density at radius 3 is 2.77 bits per heavy atom. The van der Waals surface area contributed by atoms with Gasteiger partial charge in [0.05, 0.1) is 0 Å². The summed E-state index contributed by atoms with van der Waals surface area (Å²) in [6, 6.07) is 3.56. The van der Waals surface area contributed by atoms with E-state index in [4.69, 9.17) is 5.21 Å². The number of fused-ring (bicyclic) bond motifs is 1. The molecule has 22 heavy (non-hydrogen) atoms. The molecule has 1 atom stereocenters. The molecule has 118 valence electrons. The molecule has 2 saturated carbocycles. The Morgan fingerprint density at radius 1 is 1.36 bits per heavy atom. The first-order valence-electron chi connectivity index (χ1n) is 8.13. The summed E-state index contributed by atoms with van der Waals surface area (Å²) in [7, 11) is 0. The van der Waals surface area contributed by atoms with Gasteiger partial charge in [0.15, 0.2) is 0 Å². The van der Waals surface area contributed by atoms with Gasteiger partial charge in [-0.25, -0.2) is 9.87 Å². The number of nitrogens with zero attached hydrogens (tertiary/aromatic N) is 1. The van der Waals surface area contributed by atoms with E-state index < -0.39 is 5.91 Å². The Labute approximate surface area is 129 Å². The van der Waals surface area contributed by atoms with Crippen molar-refractivity contribution in [2.45, 2.75) is 51.1 Å². The van der Waals surface area contributed by atoms with E-state index in [0.717, 1.165) is 24.1 Å². The maximum atomic E-state index is 14.4. The van der Waals surface area contributed by atoms with Gasteiger partial charge in [-0.1, -0.05) is 6.42 Å². The van der Waals surface area contributed by atoms with Gasteiger partial charge >= 0.3 is 0 Å². The number of nitrogens with one attached hydrogen (secondary N) is 1. The second kappa shape index (κ2) is 5.03. The maximum Gasteiger partial charge on any atom is 0.274 e. The molecule has 1 aliphatic heterocycles. The van der Waals surface area contributed by atoms with E-state index in [-0.39, 0.29) is 11.4 Å². The van der Waals surface area contributed by atoms with Crippen LogP contribution < -0.4 is 5.48 Å². The Bertz CT molecular complexity index is 622. The average molecular weight is 304 g/mol. The number of hydroxylamine groups is 1. The minimum atomic E-state index is -0.656. The zero-order valence-corrected chi connectivity index (χ0v) is 12.6. The number of benzene rings is 1. The third-order valence-corrected chi connectivity index (χ3v) is 6.09. The van der Waals surface area contributed by atoms with Gasteiger partial charge in [-0.15, -0.1) is 0 Å². The third kappa shape index (κ3) is 1.99. The molecule has 0 radical (unpaired) electrons. The van der Waals surface area contributed by atoms with Crippen molar-refractivity contribution in [3.05, 3.63) is 34.6 Å². The van der Waals surface area contributed by atoms with E-state index >= 15 is 0 Å². The normalized spacial score (nSPS) is 26.0. The molecule has 1 amide bonds.